The van der Waals surface area contributed by atoms with Crippen LogP contribution in [0.15, 0.2) is 0 Å². The minimum Gasteiger partial charge on any atom is -0.378 e. The number of hydrogen-bond donors (Lipinski definition) is 2. The molecule has 104 valence electrons. The van der Waals surface area contributed by atoms with Crippen LogP contribution in [0.3, 0.4) is 0 Å². The fourth-order valence-electron chi connectivity index (χ4n) is 2.11. The predicted octanol–water partition coefficient (Wildman–Crippen LogP) is -0.408. The maximum absolute atomic E-state index is 5.44. The first-order valence-electron chi connectivity index (χ1n) is 6.56. The van der Waals surface area contributed by atoms with Gasteiger partial charge in [-0.1, -0.05) is 0 Å². The molecular formula is C11H19N7O. The lowest BCUT2D eigenvalue weighted by atomic mass is 10.4. The Bertz CT molecular complexity index is 445. The van der Waals surface area contributed by atoms with Gasteiger partial charge < -0.3 is 14.5 Å². The Morgan fingerprint density at radius 1 is 1.26 bits per heavy atom. The molecule has 1 aliphatic heterocycles. The SMILES string of the molecule is CN(c1nc(NN)nc(N2CCOCC2)n1)C1CC1. The Morgan fingerprint density at radius 2 is 2.00 bits per heavy atom. The molecule has 19 heavy (non-hydrogen) atoms. The highest BCUT2D eigenvalue weighted by molar-refractivity contribution is 5.45. The number of anilines is 3. The van der Waals surface area contributed by atoms with Crippen LogP contribution in [0.1, 0.15) is 12.8 Å². The summed E-state index contributed by atoms with van der Waals surface area (Å²) in [6, 6.07) is 0.547. The van der Waals surface area contributed by atoms with E-state index in [1.165, 1.54) is 12.8 Å². The molecule has 8 heteroatoms. The van der Waals surface area contributed by atoms with Gasteiger partial charge >= 0.3 is 0 Å². The number of nitrogens with two attached hydrogens (primary N) is 1. The number of ether oxygens (including phenoxy) is 1. The molecule has 0 atom stereocenters. The maximum Gasteiger partial charge on any atom is 0.243 e. The van der Waals surface area contributed by atoms with E-state index in [9.17, 15) is 0 Å². The highest BCUT2D eigenvalue weighted by Gasteiger charge is 2.29. The Labute approximate surface area is 111 Å². The second-order valence-corrected chi connectivity index (χ2v) is 4.84. The molecule has 1 aliphatic carbocycles. The van der Waals surface area contributed by atoms with E-state index in [0.717, 1.165) is 13.1 Å². The molecule has 1 saturated heterocycles. The Kier molecular flexibility index (Phi) is 3.34. The van der Waals surface area contributed by atoms with Crippen LogP contribution in [-0.4, -0.2) is 54.3 Å². The molecule has 0 spiro atoms. The van der Waals surface area contributed by atoms with E-state index in [4.69, 9.17) is 10.6 Å². The summed E-state index contributed by atoms with van der Waals surface area (Å²) in [4.78, 5) is 17.4. The molecule has 2 fully saturated rings. The van der Waals surface area contributed by atoms with Crippen LogP contribution in [0.5, 0.6) is 0 Å². The van der Waals surface area contributed by atoms with Gasteiger partial charge in [0.15, 0.2) is 0 Å². The molecule has 2 aliphatic rings. The molecule has 3 rings (SSSR count). The van der Waals surface area contributed by atoms with E-state index in [1.807, 2.05) is 7.05 Å². The van der Waals surface area contributed by atoms with Crippen molar-refractivity contribution in [1.29, 1.82) is 0 Å². The molecule has 0 bridgehead atoms. The zero-order valence-electron chi connectivity index (χ0n) is 11.0. The van der Waals surface area contributed by atoms with Crippen molar-refractivity contribution in [2.45, 2.75) is 18.9 Å². The second kappa shape index (κ2) is 5.14. The first kappa shape index (κ1) is 12.4. The largest absolute Gasteiger partial charge is 0.378 e. The van der Waals surface area contributed by atoms with Gasteiger partial charge in [-0.3, -0.25) is 5.43 Å². The summed E-state index contributed by atoms with van der Waals surface area (Å²) >= 11 is 0. The Hall–Kier alpha value is -1.67. The number of nitrogens with zero attached hydrogens (tertiary/aromatic N) is 5. The Morgan fingerprint density at radius 3 is 2.63 bits per heavy atom. The van der Waals surface area contributed by atoms with Crippen LogP contribution >= 0.6 is 0 Å². The summed E-state index contributed by atoms with van der Waals surface area (Å²) in [6.07, 6.45) is 2.39. The van der Waals surface area contributed by atoms with E-state index in [2.05, 4.69) is 30.2 Å². The van der Waals surface area contributed by atoms with Gasteiger partial charge in [-0.2, -0.15) is 15.0 Å². The maximum atomic E-state index is 5.44. The fraction of sp³-hybridized carbons (Fsp3) is 0.727. The molecule has 1 saturated carbocycles. The lowest BCUT2D eigenvalue weighted by Crippen LogP contribution is -2.38. The molecule has 0 amide bonds. The number of nitrogen functional groups attached to an aromatic ring is 1. The fourth-order valence-corrected chi connectivity index (χ4v) is 2.11. The predicted molar refractivity (Wildman–Crippen MR) is 72.1 cm³/mol. The second-order valence-electron chi connectivity index (χ2n) is 4.84. The van der Waals surface area contributed by atoms with Gasteiger partial charge in [0, 0.05) is 26.2 Å². The van der Waals surface area contributed by atoms with E-state index in [0.29, 0.717) is 37.1 Å². The van der Waals surface area contributed by atoms with E-state index in [-0.39, 0.29) is 0 Å². The minimum atomic E-state index is 0.402. The van der Waals surface area contributed by atoms with Crippen LogP contribution in [0.4, 0.5) is 17.8 Å². The third kappa shape index (κ3) is 2.69. The van der Waals surface area contributed by atoms with Crippen LogP contribution < -0.4 is 21.1 Å². The molecule has 1 aromatic heterocycles. The minimum absolute atomic E-state index is 0.402. The Balaban J connectivity index is 1.87. The van der Waals surface area contributed by atoms with Gasteiger partial charge in [0.05, 0.1) is 13.2 Å². The summed E-state index contributed by atoms with van der Waals surface area (Å²) in [5, 5.41) is 0. The third-order valence-corrected chi connectivity index (χ3v) is 3.44. The standard InChI is InChI=1S/C11H19N7O/c1-17(8-2-3-8)10-13-9(16-12)14-11(15-10)18-4-6-19-7-5-18/h8H,2-7,12H2,1H3,(H,13,14,15,16). The van der Waals surface area contributed by atoms with Crippen molar-refractivity contribution >= 4 is 17.8 Å². The molecule has 0 aromatic carbocycles. The van der Waals surface area contributed by atoms with E-state index >= 15 is 0 Å². The number of morpholine rings is 1. The van der Waals surface area contributed by atoms with Gasteiger partial charge in [0.2, 0.25) is 17.8 Å². The lowest BCUT2D eigenvalue weighted by Gasteiger charge is -2.27. The van der Waals surface area contributed by atoms with Crippen molar-refractivity contribution in [3.63, 3.8) is 0 Å². The summed E-state index contributed by atoms with van der Waals surface area (Å²) in [6.45, 7) is 2.98. The molecule has 1 aromatic rings. The molecule has 8 nitrogen and oxygen atoms in total. The average Bonchev–Trinajstić information content (AvgIpc) is 3.31. The molecule has 2 heterocycles. The van der Waals surface area contributed by atoms with Crippen LogP contribution in [0.2, 0.25) is 0 Å². The average molecular weight is 265 g/mol. The highest BCUT2D eigenvalue weighted by atomic mass is 16.5. The summed E-state index contributed by atoms with van der Waals surface area (Å²) < 4.78 is 5.34. The zero-order valence-corrected chi connectivity index (χ0v) is 11.0. The number of hydrazine groups is 1. The first-order chi connectivity index (χ1) is 9.28. The summed E-state index contributed by atoms with van der Waals surface area (Å²) in [5.74, 6) is 7.18. The normalized spacial score (nSPS) is 19.4. The molecular weight excluding hydrogens is 246 g/mol. The van der Waals surface area contributed by atoms with E-state index < -0.39 is 0 Å². The van der Waals surface area contributed by atoms with Crippen molar-refractivity contribution in [1.82, 2.24) is 15.0 Å². The number of aromatic nitrogens is 3. The van der Waals surface area contributed by atoms with Crippen molar-refractivity contribution in [3.05, 3.63) is 0 Å². The number of nitrogens with one attached hydrogen (secondary N) is 1. The zero-order chi connectivity index (χ0) is 13.2. The number of rotatable bonds is 4. The van der Waals surface area contributed by atoms with Crippen molar-refractivity contribution in [2.75, 3.05) is 48.6 Å². The highest BCUT2D eigenvalue weighted by Crippen LogP contribution is 2.29. The van der Waals surface area contributed by atoms with Crippen molar-refractivity contribution in [3.8, 4) is 0 Å². The lowest BCUT2D eigenvalue weighted by molar-refractivity contribution is 0.122. The quantitative estimate of drug-likeness (QED) is 0.561. The molecule has 0 unspecified atom stereocenters. The van der Waals surface area contributed by atoms with Gasteiger partial charge in [-0.05, 0) is 12.8 Å². The van der Waals surface area contributed by atoms with Crippen LogP contribution in [0.25, 0.3) is 0 Å². The van der Waals surface area contributed by atoms with Crippen LogP contribution in [0, 0.1) is 0 Å². The van der Waals surface area contributed by atoms with Crippen LogP contribution in [-0.2, 0) is 4.74 Å². The third-order valence-electron chi connectivity index (χ3n) is 3.44. The van der Waals surface area contributed by atoms with Gasteiger partial charge in [0.25, 0.3) is 0 Å². The summed E-state index contributed by atoms with van der Waals surface area (Å²) in [5.41, 5.74) is 2.51. The topological polar surface area (TPSA) is 92.4 Å². The molecule has 3 N–H and O–H groups in total. The van der Waals surface area contributed by atoms with Gasteiger partial charge in [0.1, 0.15) is 0 Å². The first-order valence-corrected chi connectivity index (χ1v) is 6.56. The van der Waals surface area contributed by atoms with Gasteiger partial charge in [-0.15, -0.1) is 0 Å². The van der Waals surface area contributed by atoms with Crippen molar-refractivity contribution in [2.24, 2.45) is 5.84 Å². The number of hydrogen-bond acceptors (Lipinski definition) is 8. The summed E-state index contributed by atoms with van der Waals surface area (Å²) in [7, 11) is 2.01. The van der Waals surface area contributed by atoms with Crippen molar-refractivity contribution < 1.29 is 4.74 Å². The van der Waals surface area contributed by atoms with E-state index in [1.54, 1.807) is 0 Å². The van der Waals surface area contributed by atoms with Gasteiger partial charge in [-0.25, -0.2) is 5.84 Å². The monoisotopic (exact) mass is 265 g/mol. The smallest absolute Gasteiger partial charge is 0.243 e. The molecule has 0 radical (unpaired) electrons.